The Hall–Kier alpha value is -1.26. The van der Waals surface area contributed by atoms with Gasteiger partial charge in [0, 0.05) is 10.0 Å². The molecule has 0 aliphatic heterocycles. The Morgan fingerprint density at radius 3 is 1.26 bits per heavy atom. The molecule has 2 N–H and O–H groups in total. The van der Waals surface area contributed by atoms with Crippen LogP contribution in [0.1, 0.15) is 0 Å². The van der Waals surface area contributed by atoms with Gasteiger partial charge in [0.1, 0.15) is 11.5 Å². The summed E-state index contributed by atoms with van der Waals surface area (Å²) in [5.74, 6) is 1.50. The zero-order chi connectivity index (χ0) is 14.1. The van der Waals surface area contributed by atoms with E-state index in [2.05, 4.69) is 0 Å². The summed E-state index contributed by atoms with van der Waals surface area (Å²) in [6.07, 6.45) is 0. The highest BCUT2D eigenvalue weighted by Crippen LogP contribution is 2.24. The normalized spacial score (nSPS) is 9.47. The third-order valence-corrected chi connectivity index (χ3v) is 2.47. The summed E-state index contributed by atoms with van der Waals surface area (Å²) in [5.41, 5.74) is 0. The van der Waals surface area contributed by atoms with Crippen LogP contribution >= 0.6 is 23.2 Å². The number of hydrogen-bond acceptors (Lipinski definition) is 3. The van der Waals surface area contributed by atoms with Crippen molar-refractivity contribution in [1.29, 1.82) is 0 Å². The molecule has 3 nitrogen and oxygen atoms in total. The Kier molecular flexibility index (Phi) is 7.30. The molecule has 0 fully saturated rings. The second kappa shape index (κ2) is 8.77. The molecule has 102 valence electrons. The zero-order valence-electron chi connectivity index (χ0n) is 10.1. The SMILES string of the molecule is Clc1ccc(Oc2ccc(Cl)cc2)cc1.OCCO. The molecule has 0 aliphatic rings. The smallest absolute Gasteiger partial charge is 0.127 e. The van der Waals surface area contributed by atoms with Crippen molar-refractivity contribution in [2.75, 3.05) is 13.2 Å². The maximum atomic E-state index is 7.62. The minimum absolute atomic E-state index is 0.125. The zero-order valence-corrected chi connectivity index (χ0v) is 11.6. The average molecular weight is 301 g/mol. The van der Waals surface area contributed by atoms with Crippen LogP contribution in [0.15, 0.2) is 48.5 Å². The fourth-order valence-corrected chi connectivity index (χ4v) is 1.39. The van der Waals surface area contributed by atoms with Gasteiger partial charge >= 0.3 is 0 Å². The van der Waals surface area contributed by atoms with Crippen LogP contribution in [0, 0.1) is 0 Å². The van der Waals surface area contributed by atoms with Crippen LogP contribution in [0.4, 0.5) is 0 Å². The van der Waals surface area contributed by atoms with Crippen molar-refractivity contribution in [3.63, 3.8) is 0 Å². The van der Waals surface area contributed by atoms with Gasteiger partial charge in [-0.2, -0.15) is 0 Å². The van der Waals surface area contributed by atoms with Gasteiger partial charge in [-0.05, 0) is 48.5 Å². The Morgan fingerprint density at radius 2 is 1.00 bits per heavy atom. The number of ether oxygens (including phenoxy) is 1. The Bertz CT molecular complexity index is 424. The van der Waals surface area contributed by atoms with E-state index in [1.54, 1.807) is 24.3 Å². The van der Waals surface area contributed by atoms with Gasteiger partial charge in [-0.3, -0.25) is 0 Å². The molecule has 19 heavy (non-hydrogen) atoms. The summed E-state index contributed by atoms with van der Waals surface area (Å²) < 4.78 is 5.57. The molecule has 2 aromatic rings. The molecule has 2 aromatic carbocycles. The predicted octanol–water partition coefficient (Wildman–Crippen LogP) is 3.76. The summed E-state index contributed by atoms with van der Waals surface area (Å²) in [5, 5.41) is 16.6. The van der Waals surface area contributed by atoms with Crippen LogP contribution in [-0.2, 0) is 0 Å². The quantitative estimate of drug-likeness (QED) is 0.907. The Balaban J connectivity index is 0.000000399. The third-order valence-electron chi connectivity index (χ3n) is 1.96. The Labute approximate surface area is 122 Å². The second-order valence-corrected chi connectivity index (χ2v) is 4.33. The molecule has 0 saturated carbocycles. The maximum Gasteiger partial charge on any atom is 0.127 e. The molecule has 0 heterocycles. The summed E-state index contributed by atoms with van der Waals surface area (Å²) in [6.45, 7) is -0.250. The Morgan fingerprint density at radius 1 is 0.684 bits per heavy atom. The van der Waals surface area contributed by atoms with Crippen molar-refractivity contribution in [3.05, 3.63) is 58.6 Å². The van der Waals surface area contributed by atoms with E-state index < -0.39 is 0 Å². The lowest BCUT2D eigenvalue weighted by molar-refractivity contribution is 0.186. The van der Waals surface area contributed by atoms with Crippen molar-refractivity contribution in [3.8, 4) is 11.5 Å². The minimum Gasteiger partial charge on any atom is -0.457 e. The predicted molar refractivity (Wildman–Crippen MR) is 77.1 cm³/mol. The number of aliphatic hydroxyl groups is 2. The summed E-state index contributed by atoms with van der Waals surface area (Å²) in [4.78, 5) is 0. The topological polar surface area (TPSA) is 49.7 Å². The number of hydrogen-bond donors (Lipinski definition) is 2. The highest BCUT2D eigenvalue weighted by atomic mass is 35.5. The van der Waals surface area contributed by atoms with Crippen LogP contribution in [-0.4, -0.2) is 23.4 Å². The van der Waals surface area contributed by atoms with Gasteiger partial charge in [-0.25, -0.2) is 0 Å². The van der Waals surface area contributed by atoms with E-state index in [9.17, 15) is 0 Å². The highest BCUT2D eigenvalue weighted by Gasteiger charge is 1.96. The van der Waals surface area contributed by atoms with Crippen LogP contribution in [0.2, 0.25) is 10.0 Å². The summed E-state index contributed by atoms with van der Waals surface area (Å²) >= 11 is 11.5. The van der Waals surface area contributed by atoms with E-state index in [0.29, 0.717) is 10.0 Å². The molecule has 0 radical (unpaired) electrons. The van der Waals surface area contributed by atoms with Gasteiger partial charge in [0.05, 0.1) is 13.2 Å². The lowest BCUT2D eigenvalue weighted by Gasteiger charge is -2.05. The summed E-state index contributed by atoms with van der Waals surface area (Å²) in [7, 11) is 0. The van der Waals surface area contributed by atoms with Gasteiger partial charge in [-0.15, -0.1) is 0 Å². The van der Waals surface area contributed by atoms with Crippen molar-refractivity contribution in [1.82, 2.24) is 0 Å². The van der Waals surface area contributed by atoms with Crippen molar-refractivity contribution >= 4 is 23.2 Å². The molecule has 5 heteroatoms. The number of benzene rings is 2. The molecule has 0 aromatic heterocycles. The van der Waals surface area contributed by atoms with Crippen molar-refractivity contribution < 1.29 is 14.9 Å². The van der Waals surface area contributed by atoms with Crippen LogP contribution in [0.5, 0.6) is 11.5 Å². The second-order valence-electron chi connectivity index (χ2n) is 3.46. The fraction of sp³-hybridized carbons (Fsp3) is 0.143. The molecule has 0 amide bonds. The third kappa shape index (κ3) is 6.45. The van der Waals surface area contributed by atoms with Gasteiger partial charge in [0.2, 0.25) is 0 Å². The maximum absolute atomic E-state index is 7.62. The van der Waals surface area contributed by atoms with Crippen LogP contribution in [0.3, 0.4) is 0 Å². The van der Waals surface area contributed by atoms with Gasteiger partial charge in [0.25, 0.3) is 0 Å². The van der Waals surface area contributed by atoms with E-state index >= 15 is 0 Å². The molecule has 0 unspecified atom stereocenters. The largest absolute Gasteiger partial charge is 0.457 e. The molecular weight excluding hydrogens is 287 g/mol. The van der Waals surface area contributed by atoms with E-state index in [0.717, 1.165) is 11.5 Å². The van der Waals surface area contributed by atoms with E-state index in [1.165, 1.54) is 0 Å². The molecule has 0 spiro atoms. The van der Waals surface area contributed by atoms with Gasteiger partial charge < -0.3 is 14.9 Å². The van der Waals surface area contributed by atoms with Gasteiger partial charge in [0.15, 0.2) is 0 Å². The highest BCUT2D eigenvalue weighted by molar-refractivity contribution is 6.30. The number of rotatable bonds is 3. The first-order valence-electron chi connectivity index (χ1n) is 5.56. The molecular formula is C14H14Cl2O3. The minimum atomic E-state index is -0.125. The van der Waals surface area contributed by atoms with Gasteiger partial charge in [-0.1, -0.05) is 23.2 Å². The van der Waals surface area contributed by atoms with Crippen LogP contribution < -0.4 is 4.74 Å². The molecule has 2 rings (SSSR count). The standard InChI is InChI=1S/C12H8Cl2O.C2H6O2/c13-9-1-5-11(6-2-9)15-12-7-3-10(14)4-8-12;3-1-2-4/h1-8H;3-4H,1-2H2. The first-order chi connectivity index (χ1) is 9.15. The average Bonchev–Trinajstić information content (AvgIpc) is 2.44. The van der Waals surface area contributed by atoms with E-state index in [1.807, 2.05) is 24.3 Å². The first kappa shape index (κ1) is 15.8. The van der Waals surface area contributed by atoms with Crippen molar-refractivity contribution in [2.24, 2.45) is 0 Å². The fourth-order valence-electron chi connectivity index (χ4n) is 1.14. The van der Waals surface area contributed by atoms with E-state index in [4.69, 9.17) is 38.2 Å². The lowest BCUT2D eigenvalue weighted by atomic mass is 10.3. The molecule has 0 atom stereocenters. The lowest BCUT2D eigenvalue weighted by Crippen LogP contribution is -1.85. The molecule has 0 saturated heterocycles. The van der Waals surface area contributed by atoms with E-state index in [-0.39, 0.29) is 13.2 Å². The molecule has 0 bridgehead atoms. The van der Waals surface area contributed by atoms with Crippen molar-refractivity contribution in [2.45, 2.75) is 0 Å². The number of aliphatic hydroxyl groups excluding tert-OH is 2. The first-order valence-corrected chi connectivity index (χ1v) is 6.32. The van der Waals surface area contributed by atoms with Crippen LogP contribution in [0.25, 0.3) is 0 Å². The molecule has 0 aliphatic carbocycles. The summed E-state index contributed by atoms with van der Waals surface area (Å²) in [6, 6.07) is 14.4. The number of halogens is 2. The monoisotopic (exact) mass is 300 g/mol.